The fraction of sp³-hybridized carbons (Fsp3) is 0.109. The molecule has 2 aliphatic rings. The fourth-order valence-corrected chi connectivity index (χ4v) is 7.81. The summed E-state index contributed by atoms with van der Waals surface area (Å²) in [5, 5.41) is 12.1. The van der Waals surface area contributed by atoms with E-state index in [-0.39, 0.29) is 78.6 Å². The lowest BCUT2D eigenvalue weighted by molar-refractivity contribution is -0.385. The van der Waals surface area contributed by atoms with Gasteiger partial charge in [-0.1, -0.05) is 96.0 Å². The minimum absolute atomic E-state index is 0.0334. The summed E-state index contributed by atoms with van der Waals surface area (Å²) in [7, 11) is 1.87. The Morgan fingerprint density at radius 1 is 0.738 bits per heavy atom. The van der Waals surface area contributed by atoms with Crippen LogP contribution in [0.25, 0.3) is 57.7 Å². The number of methoxy groups -OCH3 is 2. The van der Waals surface area contributed by atoms with Crippen LogP contribution in [-0.2, 0) is 16.7 Å². The zero-order valence-corrected chi connectivity index (χ0v) is 35.3. The van der Waals surface area contributed by atoms with Gasteiger partial charge < -0.3 is 23.5 Å². The number of fused-ring (bicyclic) bond motifs is 2. The molecule has 0 unspecified atom stereocenters. The topological polar surface area (TPSA) is 159 Å². The third-order valence-corrected chi connectivity index (χ3v) is 11.3. The molecule has 12 nitrogen and oxygen atoms in total. The van der Waals surface area contributed by atoms with Crippen LogP contribution in [-0.4, -0.2) is 46.2 Å². The average Bonchev–Trinajstić information content (AvgIpc) is 3.24. The van der Waals surface area contributed by atoms with E-state index >= 15 is 0 Å². The van der Waals surface area contributed by atoms with Gasteiger partial charge in [0.2, 0.25) is 5.43 Å². The van der Waals surface area contributed by atoms with Crippen LogP contribution >= 0.6 is 23.2 Å². The molecule has 1 aliphatic heterocycles. The summed E-state index contributed by atoms with van der Waals surface area (Å²) in [4.78, 5) is 25.7. The van der Waals surface area contributed by atoms with E-state index in [0.29, 0.717) is 5.56 Å². The van der Waals surface area contributed by atoms with Crippen molar-refractivity contribution in [3.05, 3.63) is 161 Å². The van der Waals surface area contributed by atoms with E-state index in [1.165, 1.54) is 56.7 Å². The Labute approximate surface area is 360 Å². The van der Waals surface area contributed by atoms with Crippen molar-refractivity contribution in [1.82, 2.24) is 0 Å². The molecule has 61 heavy (non-hydrogen) atoms. The lowest BCUT2D eigenvalue weighted by atomic mass is 9.93. The van der Waals surface area contributed by atoms with Crippen LogP contribution in [0.3, 0.4) is 0 Å². The van der Waals surface area contributed by atoms with Gasteiger partial charge in [0.15, 0.2) is 11.5 Å². The van der Waals surface area contributed by atoms with E-state index in [1.807, 2.05) is 73.6 Å². The molecular formula is C46H36Cl2N2O10S. The molecule has 5 aromatic carbocycles. The number of anilines is 1. The highest BCUT2D eigenvalue weighted by molar-refractivity contribution is 7.86. The molecule has 0 aromatic heterocycles. The Balaban J connectivity index is 1.24. The predicted molar refractivity (Wildman–Crippen MR) is 240 cm³/mol. The van der Waals surface area contributed by atoms with E-state index in [4.69, 9.17) is 41.8 Å². The van der Waals surface area contributed by atoms with E-state index < -0.39 is 25.4 Å². The standard InChI is InChI=1S/C46H36Cl2N2O10S/c1-49(2)32-16-13-29(14-17-32)10-9-27-5-7-28(8-6-27)11-12-30-15-18-33(45(19-30)61(54,55)56)46-34-21-36(47)39(51)24-40(34)60-41-25-42(37(48)22-35(41)46)59-26-31-20-43(57-3)44(58-4)23-38(31)50(52)53/h5-25H,26H2,1-4H3,(H,54,55,56). The summed E-state index contributed by atoms with van der Waals surface area (Å²) in [6.07, 6.45) is 7.58. The van der Waals surface area contributed by atoms with Crippen LogP contribution in [0.5, 0.6) is 17.2 Å². The first-order valence-corrected chi connectivity index (χ1v) is 20.6. The SMILES string of the molecule is COc1cc(COc2cc3oc4cc(=O)c(Cl)cc-4c(-c4ccc(C=Cc5ccc(C=Cc6ccc(N(C)C)cc6)cc5)cc4S(=O)(=O)O)c3cc2Cl)c([N+](=O)[O-])cc1OC. The third-order valence-electron chi connectivity index (χ3n) is 9.83. The number of nitro groups is 1. The van der Waals surface area contributed by atoms with Crippen molar-refractivity contribution in [2.45, 2.75) is 11.5 Å². The van der Waals surface area contributed by atoms with E-state index in [9.17, 15) is 27.9 Å². The predicted octanol–water partition coefficient (Wildman–Crippen LogP) is 11.0. The van der Waals surface area contributed by atoms with Gasteiger partial charge in [-0.15, -0.1) is 0 Å². The third kappa shape index (κ3) is 9.25. The van der Waals surface area contributed by atoms with Crippen molar-refractivity contribution in [2.75, 3.05) is 33.2 Å². The lowest BCUT2D eigenvalue weighted by Gasteiger charge is -2.19. The number of halogens is 2. The number of rotatable bonds is 13. The molecule has 0 fully saturated rings. The average molecular weight is 880 g/mol. The van der Waals surface area contributed by atoms with Crippen molar-refractivity contribution in [1.29, 1.82) is 0 Å². The summed E-state index contributed by atoms with van der Waals surface area (Å²) < 4.78 is 59.5. The molecular weight excluding hydrogens is 843 g/mol. The fourth-order valence-electron chi connectivity index (χ4n) is 6.69. The zero-order chi connectivity index (χ0) is 43.6. The number of nitrogens with zero attached hydrogens (tertiary/aromatic N) is 2. The Bertz CT molecular complexity index is 3020. The summed E-state index contributed by atoms with van der Waals surface area (Å²) in [5.74, 6) is 0.499. The highest BCUT2D eigenvalue weighted by Gasteiger charge is 2.26. The lowest BCUT2D eigenvalue weighted by Crippen LogP contribution is -2.07. The molecule has 0 saturated heterocycles. The summed E-state index contributed by atoms with van der Waals surface area (Å²) in [6, 6.07) is 28.6. The van der Waals surface area contributed by atoms with E-state index in [2.05, 4.69) is 12.1 Å². The Hall–Kier alpha value is -6.64. The van der Waals surface area contributed by atoms with E-state index in [1.54, 1.807) is 12.1 Å². The van der Waals surface area contributed by atoms with Crippen molar-refractivity contribution in [3.63, 3.8) is 0 Å². The minimum atomic E-state index is -4.86. The summed E-state index contributed by atoms with van der Waals surface area (Å²) in [6.45, 7) is -0.321. The number of hydrogen-bond acceptors (Lipinski definition) is 10. The summed E-state index contributed by atoms with van der Waals surface area (Å²) >= 11 is 13.1. The number of nitro benzene ring substituents is 1. The van der Waals surface area contributed by atoms with Gasteiger partial charge in [0, 0.05) is 54.0 Å². The van der Waals surface area contributed by atoms with Crippen molar-refractivity contribution in [2.24, 2.45) is 0 Å². The van der Waals surface area contributed by atoms with Crippen LogP contribution in [0.1, 0.15) is 27.8 Å². The van der Waals surface area contributed by atoms with Gasteiger partial charge in [-0.25, -0.2) is 0 Å². The van der Waals surface area contributed by atoms with Gasteiger partial charge in [0.05, 0.1) is 40.8 Å². The molecule has 0 bridgehead atoms. The van der Waals surface area contributed by atoms with Crippen LogP contribution in [0.2, 0.25) is 10.0 Å². The van der Waals surface area contributed by atoms with Crippen molar-refractivity contribution < 1.29 is 36.5 Å². The Kier molecular flexibility index (Phi) is 12.2. The molecule has 0 radical (unpaired) electrons. The molecule has 0 amide bonds. The van der Waals surface area contributed by atoms with E-state index in [0.717, 1.165) is 28.4 Å². The smallest absolute Gasteiger partial charge is 0.295 e. The van der Waals surface area contributed by atoms with Crippen LogP contribution in [0.15, 0.2) is 117 Å². The summed E-state index contributed by atoms with van der Waals surface area (Å²) in [5.41, 5.74) is 4.48. The molecule has 7 rings (SSSR count). The normalized spacial score (nSPS) is 11.8. The largest absolute Gasteiger partial charge is 0.493 e. The first kappa shape index (κ1) is 42.5. The van der Waals surface area contributed by atoms with Crippen molar-refractivity contribution >= 4 is 80.0 Å². The molecule has 0 spiro atoms. The monoisotopic (exact) mass is 878 g/mol. The van der Waals surface area contributed by atoms with Crippen LogP contribution in [0, 0.1) is 10.1 Å². The molecule has 1 heterocycles. The van der Waals surface area contributed by atoms with Gasteiger partial charge in [-0.05, 0) is 58.7 Å². The first-order chi connectivity index (χ1) is 29.1. The van der Waals surface area contributed by atoms with Crippen LogP contribution in [0.4, 0.5) is 11.4 Å². The number of benzene rings is 6. The van der Waals surface area contributed by atoms with Gasteiger partial charge >= 0.3 is 0 Å². The zero-order valence-electron chi connectivity index (χ0n) is 33.0. The second-order valence-corrected chi connectivity index (χ2v) is 16.2. The highest BCUT2D eigenvalue weighted by Crippen LogP contribution is 2.46. The molecule has 310 valence electrons. The van der Waals surface area contributed by atoms with Gasteiger partial charge in [0.25, 0.3) is 15.8 Å². The number of hydrogen-bond donors (Lipinski definition) is 1. The second-order valence-electron chi connectivity index (χ2n) is 14.0. The maximum atomic E-state index is 13.1. The van der Waals surface area contributed by atoms with Crippen LogP contribution < -0.4 is 24.5 Å². The first-order valence-electron chi connectivity index (χ1n) is 18.4. The maximum absolute atomic E-state index is 13.1. The Morgan fingerprint density at radius 2 is 1.31 bits per heavy atom. The Morgan fingerprint density at radius 3 is 1.89 bits per heavy atom. The number of ether oxygens (including phenoxy) is 3. The van der Waals surface area contributed by atoms with Gasteiger partial charge in [-0.3, -0.25) is 19.5 Å². The maximum Gasteiger partial charge on any atom is 0.295 e. The molecule has 0 saturated carbocycles. The molecule has 1 N–H and O–H groups in total. The minimum Gasteiger partial charge on any atom is -0.493 e. The highest BCUT2D eigenvalue weighted by atomic mass is 35.5. The quantitative estimate of drug-likeness (QED) is 0.0386. The van der Waals surface area contributed by atoms with Crippen molar-refractivity contribution in [3.8, 4) is 39.7 Å². The molecule has 1 aliphatic carbocycles. The molecule has 5 aromatic rings. The van der Waals surface area contributed by atoms with Gasteiger partial charge in [-0.2, -0.15) is 8.42 Å². The molecule has 15 heteroatoms. The molecule has 0 atom stereocenters. The second kappa shape index (κ2) is 17.5. The van der Waals surface area contributed by atoms with Gasteiger partial charge in [0.1, 0.15) is 28.6 Å².